The van der Waals surface area contributed by atoms with Crippen molar-refractivity contribution in [3.05, 3.63) is 55.4 Å². The lowest BCUT2D eigenvalue weighted by molar-refractivity contribution is -0.115. The first-order valence-electron chi connectivity index (χ1n) is 8.70. The number of hydrogen-bond donors (Lipinski definition) is 1. The number of allylic oxidation sites excluding steroid dienone is 3. The van der Waals surface area contributed by atoms with Gasteiger partial charge in [-0.1, -0.05) is 12.7 Å². The Morgan fingerprint density at radius 3 is 2.92 bits per heavy atom. The molecule has 3 aromatic heterocycles. The van der Waals surface area contributed by atoms with Crippen LogP contribution in [0.15, 0.2) is 49.7 Å². The van der Waals surface area contributed by atoms with Gasteiger partial charge >= 0.3 is 0 Å². The van der Waals surface area contributed by atoms with Crippen molar-refractivity contribution < 1.29 is 4.79 Å². The van der Waals surface area contributed by atoms with Gasteiger partial charge in [0.15, 0.2) is 11.6 Å². The van der Waals surface area contributed by atoms with Crippen LogP contribution in [0.3, 0.4) is 0 Å². The lowest BCUT2D eigenvalue weighted by Gasteiger charge is -2.22. The van der Waals surface area contributed by atoms with Gasteiger partial charge in [0.25, 0.3) is 0 Å². The summed E-state index contributed by atoms with van der Waals surface area (Å²) >= 11 is 0. The van der Waals surface area contributed by atoms with E-state index in [1.54, 1.807) is 24.8 Å². The molecule has 0 aliphatic heterocycles. The van der Waals surface area contributed by atoms with Gasteiger partial charge in [0.2, 0.25) is 0 Å². The van der Waals surface area contributed by atoms with Gasteiger partial charge in [0, 0.05) is 30.6 Å². The van der Waals surface area contributed by atoms with Crippen LogP contribution in [0.1, 0.15) is 31.4 Å². The number of aromatic amines is 1. The van der Waals surface area contributed by atoms with Gasteiger partial charge in [-0.3, -0.25) is 4.79 Å². The fraction of sp³-hybridized carbons (Fsp3) is 0.250. The highest BCUT2D eigenvalue weighted by molar-refractivity contribution is 5.99. The van der Waals surface area contributed by atoms with Crippen LogP contribution in [0.2, 0.25) is 0 Å². The third kappa shape index (κ3) is 3.06. The second-order valence-electron chi connectivity index (χ2n) is 6.47. The molecule has 3 aromatic rings. The monoisotopic (exact) mass is 345 g/mol. The molecule has 1 N–H and O–H groups in total. The number of ketones is 1. The standard InChI is InChI=1S/C20H19N5O/c1-2-15(26)10-13-5-3-6-14(9-13)18-17-16(19-21-7-4-8-22-19)11-23-20(17)25-12-24-18/h2,4,6-8,11-13H,1,3,5,9-10H2,(H,23,24,25). The molecule has 0 spiro atoms. The van der Waals surface area contributed by atoms with Gasteiger partial charge in [0.05, 0.1) is 11.1 Å². The highest BCUT2D eigenvalue weighted by atomic mass is 16.1. The van der Waals surface area contributed by atoms with Crippen LogP contribution >= 0.6 is 0 Å². The number of carbonyl (C=O) groups excluding carboxylic acids is 1. The largest absolute Gasteiger partial charge is 0.345 e. The topological polar surface area (TPSA) is 84.4 Å². The molecule has 1 aliphatic rings. The van der Waals surface area contributed by atoms with Crippen molar-refractivity contribution in [2.45, 2.75) is 25.7 Å². The molecule has 6 heteroatoms. The molecule has 130 valence electrons. The fourth-order valence-electron chi connectivity index (χ4n) is 3.55. The summed E-state index contributed by atoms with van der Waals surface area (Å²) in [5.41, 5.74) is 3.71. The van der Waals surface area contributed by atoms with E-state index in [1.807, 2.05) is 6.20 Å². The van der Waals surface area contributed by atoms with Gasteiger partial charge in [-0.05, 0) is 42.9 Å². The average Bonchev–Trinajstić information content (AvgIpc) is 3.13. The molecule has 3 heterocycles. The number of fused-ring (bicyclic) bond motifs is 1. The zero-order valence-corrected chi connectivity index (χ0v) is 14.4. The number of nitrogens with zero attached hydrogens (tertiary/aromatic N) is 4. The molecule has 0 radical (unpaired) electrons. The first-order chi connectivity index (χ1) is 12.8. The van der Waals surface area contributed by atoms with Crippen LogP contribution in [0, 0.1) is 5.92 Å². The van der Waals surface area contributed by atoms with Crippen molar-refractivity contribution in [3.8, 4) is 11.4 Å². The van der Waals surface area contributed by atoms with E-state index in [0.717, 1.165) is 47.1 Å². The van der Waals surface area contributed by atoms with Gasteiger partial charge in [-0.2, -0.15) is 0 Å². The average molecular weight is 345 g/mol. The quantitative estimate of drug-likeness (QED) is 0.712. The highest BCUT2D eigenvalue weighted by Gasteiger charge is 2.23. The summed E-state index contributed by atoms with van der Waals surface area (Å²) in [6, 6.07) is 1.79. The predicted octanol–water partition coefficient (Wildman–Crippen LogP) is 3.74. The van der Waals surface area contributed by atoms with Gasteiger partial charge in [-0.15, -0.1) is 0 Å². The van der Waals surface area contributed by atoms with E-state index < -0.39 is 0 Å². The zero-order chi connectivity index (χ0) is 17.9. The van der Waals surface area contributed by atoms with Gasteiger partial charge in [-0.25, -0.2) is 19.9 Å². The minimum atomic E-state index is 0.101. The van der Waals surface area contributed by atoms with Crippen LogP contribution < -0.4 is 0 Å². The van der Waals surface area contributed by atoms with Crippen molar-refractivity contribution >= 4 is 22.4 Å². The maximum atomic E-state index is 11.7. The summed E-state index contributed by atoms with van der Waals surface area (Å²) in [6.07, 6.45) is 13.9. The second kappa shape index (κ2) is 7.00. The molecular weight excluding hydrogens is 326 g/mol. The van der Waals surface area contributed by atoms with Crippen molar-refractivity contribution in [1.29, 1.82) is 0 Å². The minimum absolute atomic E-state index is 0.101. The summed E-state index contributed by atoms with van der Waals surface area (Å²) in [7, 11) is 0. The van der Waals surface area contributed by atoms with E-state index in [1.165, 1.54) is 6.08 Å². The van der Waals surface area contributed by atoms with E-state index in [2.05, 4.69) is 37.6 Å². The Kier molecular flexibility index (Phi) is 4.39. The van der Waals surface area contributed by atoms with E-state index in [4.69, 9.17) is 0 Å². The zero-order valence-electron chi connectivity index (χ0n) is 14.4. The van der Waals surface area contributed by atoms with Crippen LogP contribution in [0.25, 0.3) is 28.0 Å². The summed E-state index contributed by atoms with van der Waals surface area (Å²) < 4.78 is 0. The number of aromatic nitrogens is 5. The Labute approximate surface area is 151 Å². The predicted molar refractivity (Wildman–Crippen MR) is 100 cm³/mol. The summed E-state index contributed by atoms with van der Waals surface area (Å²) in [6.45, 7) is 3.58. The van der Waals surface area contributed by atoms with Crippen molar-refractivity contribution in [2.75, 3.05) is 0 Å². The van der Waals surface area contributed by atoms with Crippen molar-refractivity contribution in [1.82, 2.24) is 24.9 Å². The summed E-state index contributed by atoms with van der Waals surface area (Å²) in [5.74, 6) is 1.06. The number of nitrogens with one attached hydrogen (secondary N) is 1. The molecule has 0 aromatic carbocycles. The first kappa shape index (κ1) is 16.3. The first-order valence-corrected chi connectivity index (χ1v) is 8.70. The number of carbonyl (C=O) groups is 1. The smallest absolute Gasteiger partial charge is 0.161 e. The molecule has 26 heavy (non-hydrogen) atoms. The number of hydrogen-bond acceptors (Lipinski definition) is 5. The molecule has 0 amide bonds. The van der Waals surface area contributed by atoms with Gasteiger partial charge in [0.1, 0.15) is 12.0 Å². The third-order valence-electron chi connectivity index (χ3n) is 4.77. The molecule has 1 atom stereocenters. The third-order valence-corrected chi connectivity index (χ3v) is 4.77. The Balaban J connectivity index is 1.75. The highest BCUT2D eigenvalue weighted by Crippen LogP contribution is 2.37. The maximum Gasteiger partial charge on any atom is 0.161 e. The summed E-state index contributed by atoms with van der Waals surface area (Å²) in [5, 5.41) is 0.931. The fourth-order valence-corrected chi connectivity index (χ4v) is 3.55. The van der Waals surface area contributed by atoms with E-state index in [0.29, 0.717) is 18.2 Å². The molecule has 0 saturated carbocycles. The molecule has 1 unspecified atom stereocenters. The van der Waals surface area contributed by atoms with Gasteiger partial charge < -0.3 is 4.98 Å². The molecule has 0 fully saturated rings. The van der Waals surface area contributed by atoms with E-state index in [9.17, 15) is 4.79 Å². The van der Waals surface area contributed by atoms with Crippen LogP contribution in [0.4, 0.5) is 0 Å². The molecule has 1 aliphatic carbocycles. The Hall–Kier alpha value is -3.15. The molecule has 0 bridgehead atoms. The maximum absolute atomic E-state index is 11.7. The van der Waals surface area contributed by atoms with Crippen molar-refractivity contribution in [2.24, 2.45) is 5.92 Å². The van der Waals surface area contributed by atoms with Crippen LogP contribution in [0.5, 0.6) is 0 Å². The molecular formula is C20H19N5O. The van der Waals surface area contributed by atoms with Crippen LogP contribution in [-0.2, 0) is 4.79 Å². The van der Waals surface area contributed by atoms with E-state index >= 15 is 0 Å². The van der Waals surface area contributed by atoms with E-state index in [-0.39, 0.29) is 5.78 Å². The normalized spacial score (nSPS) is 17.1. The Bertz CT molecular complexity index is 990. The summed E-state index contributed by atoms with van der Waals surface area (Å²) in [4.78, 5) is 32.6. The number of H-pyrrole nitrogens is 1. The minimum Gasteiger partial charge on any atom is -0.345 e. The Morgan fingerprint density at radius 2 is 2.12 bits per heavy atom. The lowest BCUT2D eigenvalue weighted by Crippen LogP contribution is -2.11. The second-order valence-corrected chi connectivity index (χ2v) is 6.47. The number of rotatable bonds is 5. The molecule has 6 nitrogen and oxygen atoms in total. The van der Waals surface area contributed by atoms with Crippen LogP contribution in [-0.4, -0.2) is 30.7 Å². The lowest BCUT2D eigenvalue weighted by atomic mass is 9.83. The Morgan fingerprint density at radius 1 is 1.27 bits per heavy atom. The van der Waals surface area contributed by atoms with Crippen molar-refractivity contribution in [3.63, 3.8) is 0 Å². The SMILES string of the molecule is C=CC(=O)CC1CCC=C(c2ncnc3[nH]cc(-c4ncccn4)c23)C1. The molecule has 0 saturated heterocycles. The molecule has 4 rings (SSSR count).